The van der Waals surface area contributed by atoms with Gasteiger partial charge in [-0.1, -0.05) is 11.6 Å². The highest BCUT2D eigenvalue weighted by molar-refractivity contribution is 9.10. The molecule has 0 aliphatic carbocycles. The zero-order valence-electron chi connectivity index (χ0n) is 9.89. The molecule has 0 aromatic heterocycles. The first-order valence-corrected chi connectivity index (χ1v) is 6.44. The summed E-state index contributed by atoms with van der Waals surface area (Å²) in [6.45, 7) is 0. The van der Waals surface area contributed by atoms with Crippen LogP contribution in [-0.2, 0) is 9.59 Å². The first kappa shape index (κ1) is 16.3. The van der Waals surface area contributed by atoms with E-state index in [0.717, 1.165) is 0 Å². The van der Waals surface area contributed by atoms with Crippen molar-refractivity contribution >= 4 is 51.2 Å². The largest absolute Gasteiger partial charge is 0.481 e. The third-order valence-corrected chi connectivity index (χ3v) is 3.39. The molecule has 7 nitrogen and oxygen atoms in total. The van der Waals surface area contributed by atoms with E-state index in [2.05, 4.69) is 21.2 Å². The molecule has 9 heteroatoms. The maximum atomic E-state index is 11.6. The van der Waals surface area contributed by atoms with Crippen molar-refractivity contribution in [2.24, 2.45) is 0 Å². The van der Waals surface area contributed by atoms with E-state index in [4.69, 9.17) is 21.8 Å². The summed E-state index contributed by atoms with van der Waals surface area (Å²) >= 11 is 9.01. The van der Waals surface area contributed by atoms with Crippen LogP contribution in [0.2, 0.25) is 5.02 Å². The van der Waals surface area contributed by atoms with Crippen molar-refractivity contribution in [1.82, 2.24) is 5.32 Å². The summed E-state index contributed by atoms with van der Waals surface area (Å²) in [6, 6.07) is 2.25. The van der Waals surface area contributed by atoms with Crippen molar-refractivity contribution in [3.8, 4) is 0 Å². The number of urea groups is 1. The number of nitrogens with one attached hydrogen (secondary N) is 2. The number of rotatable bonds is 5. The molecule has 0 spiro atoms. The van der Waals surface area contributed by atoms with Crippen molar-refractivity contribution in [2.45, 2.75) is 12.5 Å². The summed E-state index contributed by atoms with van der Waals surface area (Å²) in [6.07, 6.45) is -0.718. The second-order valence-corrected chi connectivity index (χ2v) is 4.98. The summed E-state index contributed by atoms with van der Waals surface area (Å²) in [5.41, 5.74) is 0.343. The minimum atomic E-state index is -1.52. The number of carboxylic acids is 2. The smallest absolute Gasteiger partial charge is 0.326 e. The Labute approximate surface area is 127 Å². The average Bonchev–Trinajstić information content (AvgIpc) is 2.32. The minimum Gasteiger partial charge on any atom is -0.481 e. The third kappa shape index (κ3) is 5.06. The van der Waals surface area contributed by atoms with E-state index in [0.29, 0.717) is 15.2 Å². The predicted molar refractivity (Wildman–Crippen MR) is 75.0 cm³/mol. The lowest BCUT2D eigenvalue weighted by atomic mass is 10.2. The Hall–Kier alpha value is -1.80. The number of carbonyl (C=O) groups excluding carboxylic acids is 1. The van der Waals surface area contributed by atoms with Gasteiger partial charge in [-0.15, -0.1) is 0 Å². The lowest BCUT2D eigenvalue weighted by Crippen LogP contribution is -2.44. The normalized spacial score (nSPS) is 11.5. The zero-order chi connectivity index (χ0) is 15.3. The fourth-order valence-electron chi connectivity index (χ4n) is 1.27. The number of hydrogen-bond donors (Lipinski definition) is 4. The van der Waals surface area contributed by atoms with Gasteiger partial charge in [-0.2, -0.15) is 0 Å². The molecule has 0 saturated heterocycles. The van der Waals surface area contributed by atoms with Gasteiger partial charge in [-0.05, 0) is 34.1 Å². The zero-order valence-corrected chi connectivity index (χ0v) is 12.2. The van der Waals surface area contributed by atoms with Gasteiger partial charge in [0.1, 0.15) is 6.04 Å². The van der Waals surface area contributed by atoms with Gasteiger partial charge in [0.25, 0.3) is 0 Å². The quantitative estimate of drug-likeness (QED) is 0.638. The molecule has 1 aromatic carbocycles. The molecule has 0 unspecified atom stereocenters. The Balaban J connectivity index is 2.67. The first-order valence-electron chi connectivity index (χ1n) is 5.26. The maximum Gasteiger partial charge on any atom is 0.326 e. The van der Waals surface area contributed by atoms with Crippen molar-refractivity contribution in [2.75, 3.05) is 5.32 Å². The first-order chi connectivity index (χ1) is 9.29. The molecule has 1 rings (SSSR count). The van der Waals surface area contributed by atoms with E-state index in [1.807, 2.05) is 5.32 Å². The van der Waals surface area contributed by atoms with Crippen LogP contribution in [0.15, 0.2) is 22.7 Å². The Bertz CT molecular complexity index is 552. The third-order valence-electron chi connectivity index (χ3n) is 2.16. The van der Waals surface area contributed by atoms with Crippen LogP contribution >= 0.6 is 27.5 Å². The van der Waals surface area contributed by atoms with Crippen LogP contribution in [0.1, 0.15) is 6.42 Å². The van der Waals surface area contributed by atoms with Crippen LogP contribution in [0.4, 0.5) is 10.5 Å². The van der Waals surface area contributed by atoms with Crippen molar-refractivity contribution in [1.29, 1.82) is 0 Å². The highest BCUT2D eigenvalue weighted by Gasteiger charge is 2.23. The highest BCUT2D eigenvalue weighted by Crippen LogP contribution is 2.25. The standard InChI is InChI=1S/C11H10BrClN2O5/c12-6-2-1-5(3-7(6)13)14-11(20)15-8(10(18)19)4-9(16)17/h1-3,8H,4H2,(H,16,17)(H,18,19)(H2,14,15,20)/t8-/m1/s1. The number of halogens is 2. The summed E-state index contributed by atoms with van der Waals surface area (Å²) in [4.78, 5) is 32.8. The summed E-state index contributed by atoms with van der Waals surface area (Å²) < 4.78 is 0.638. The molecule has 20 heavy (non-hydrogen) atoms. The van der Waals surface area contributed by atoms with Gasteiger partial charge >= 0.3 is 18.0 Å². The van der Waals surface area contributed by atoms with Crippen LogP contribution < -0.4 is 10.6 Å². The molecular formula is C11H10BrClN2O5. The van der Waals surface area contributed by atoms with Crippen LogP contribution in [0.25, 0.3) is 0 Å². The van der Waals surface area contributed by atoms with E-state index >= 15 is 0 Å². The van der Waals surface area contributed by atoms with Gasteiger partial charge in [0.05, 0.1) is 11.4 Å². The Morgan fingerprint density at radius 2 is 1.95 bits per heavy atom. The number of benzene rings is 1. The monoisotopic (exact) mass is 364 g/mol. The van der Waals surface area contributed by atoms with Crippen molar-refractivity contribution in [3.63, 3.8) is 0 Å². The van der Waals surface area contributed by atoms with E-state index in [1.54, 1.807) is 12.1 Å². The lowest BCUT2D eigenvalue weighted by Gasteiger charge is -2.13. The van der Waals surface area contributed by atoms with E-state index in [1.165, 1.54) is 6.07 Å². The van der Waals surface area contributed by atoms with Crippen molar-refractivity contribution < 1.29 is 24.6 Å². The highest BCUT2D eigenvalue weighted by atomic mass is 79.9. The number of amides is 2. The van der Waals surface area contributed by atoms with Crippen LogP contribution in [0.3, 0.4) is 0 Å². The molecule has 0 bridgehead atoms. The summed E-state index contributed by atoms with van der Waals surface area (Å²) in [7, 11) is 0. The van der Waals surface area contributed by atoms with Crippen LogP contribution in [0, 0.1) is 0 Å². The van der Waals surface area contributed by atoms with Gasteiger partial charge in [0.2, 0.25) is 0 Å². The van der Waals surface area contributed by atoms with E-state index in [-0.39, 0.29) is 0 Å². The summed E-state index contributed by atoms with van der Waals surface area (Å²) in [5, 5.41) is 22.1. The topological polar surface area (TPSA) is 116 Å². The number of anilines is 1. The van der Waals surface area contributed by atoms with Gasteiger partial charge < -0.3 is 20.8 Å². The number of hydrogen-bond acceptors (Lipinski definition) is 3. The lowest BCUT2D eigenvalue weighted by molar-refractivity contribution is -0.145. The second kappa shape index (κ2) is 7.11. The Morgan fingerprint density at radius 1 is 1.30 bits per heavy atom. The van der Waals surface area contributed by atoms with Crippen molar-refractivity contribution in [3.05, 3.63) is 27.7 Å². The Morgan fingerprint density at radius 3 is 2.45 bits per heavy atom. The van der Waals surface area contributed by atoms with Gasteiger partial charge in [-0.3, -0.25) is 4.79 Å². The number of carboxylic acid groups (broad SMARTS) is 2. The second-order valence-electron chi connectivity index (χ2n) is 3.72. The van der Waals surface area contributed by atoms with Crippen LogP contribution in [0.5, 0.6) is 0 Å². The molecule has 108 valence electrons. The number of carbonyl (C=O) groups is 3. The van der Waals surface area contributed by atoms with Gasteiger partial charge in [-0.25, -0.2) is 9.59 Å². The molecule has 0 fully saturated rings. The maximum absolute atomic E-state index is 11.6. The van der Waals surface area contributed by atoms with E-state index in [9.17, 15) is 14.4 Å². The molecule has 0 radical (unpaired) electrons. The summed E-state index contributed by atoms with van der Waals surface area (Å²) in [5.74, 6) is -2.76. The molecule has 0 aliphatic rings. The fraction of sp³-hybridized carbons (Fsp3) is 0.182. The predicted octanol–water partition coefficient (Wildman–Crippen LogP) is 2.15. The van der Waals surface area contributed by atoms with E-state index < -0.39 is 30.4 Å². The van der Waals surface area contributed by atoms with Gasteiger partial charge in [0, 0.05) is 10.2 Å². The number of aliphatic carboxylic acids is 2. The average molecular weight is 366 g/mol. The molecule has 1 aromatic rings. The molecule has 0 aliphatic heterocycles. The molecule has 0 heterocycles. The fourth-order valence-corrected chi connectivity index (χ4v) is 1.70. The van der Waals surface area contributed by atoms with Crippen LogP contribution in [-0.4, -0.2) is 34.2 Å². The molecule has 2 amide bonds. The molecule has 4 N–H and O–H groups in total. The molecule has 0 saturated carbocycles. The molecular weight excluding hydrogens is 355 g/mol. The SMILES string of the molecule is O=C(O)C[C@@H](NC(=O)Nc1ccc(Br)c(Cl)c1)C(=O)O. The minimum absolute atomic E-state index is 0.343. The molecule has 1 atom stereocenters. The van der Waals surface area contributed by atoms with Gasteiger partial charge in [0.15, 0.2) is 0 Å². The Kier molecular flexibility index (Phi) is 5.78.